The van der Waals surface area contributed by atoms with E-state index in [0.29, 0.717) is 35.3 Å². The van der Waals surface area contributed by atoms with Gasteiger partial charge in [0.1, 0.15) is 12.4 Å². The third-order valence-electron chi connectivity index (χ3n) is 8.20. The maximum atomic E-state index is 14.9. The Morgan fingerprint density at radius 3 is 2.75 bits per heavy atom. The number of carbonyl (C=O) groups is 1. The van der Waals surface area contributed by atoms with Crippen molar-refractivity contribution >= 4 is 16.9 Å². The Morgan fingerprint density at radius 2 is 2.03 bits per heavy atom. The quantitative estimate of drug-likeness (QED) is 0.420. The average Bonchev–Trinajstić information content (AvgIpc) is 3.23. The number of fused-ring (bicyclic) bond motifs is 5. The number of aryl methyl sites for hydroxylation is 1. The van der Waals surface area contributed by atoms with Crippen molar-refractivity contribution in [1.29, 1.82) is 0 Å². The van der Waals surface area contributed by atoms with Crippen LogP contribution < -0.4 is 5.56 Å². The Morgan fingerprint density at radius 1 is 1.25 bits per heavy atom. The SMILES string of the molecule is CC[C@@]1(O)C(=O)OCc2c1cc1n(c2=O)Cc2c-1nc1cc(F)c(C)c3c1c2C(C)(OCCO)CC3. The Balaban J connectivity index is 1.69. The van der Waals surface area contributed by atoms with Crippen LogP contribution in [0.1, 0.15) is 60.1 Å². The number of carbonyl (C=O) groups excluding carboxylic acids is 1. The van der Waals surface area contributed by atoms with Crippen LogP contribution in [-0.2, 0) is 45.0 Å². The van der Waals surface area contributed by atoms with Crippen molar-refractivity contribution in [3.8, 4) is 11.4 Å². The molecular formula is C27H27FN2O6. The summed E-state index contributed by atoms with van der Waals surface area (Å²) in [4.78, 5) is 30.9. The number of nitrogens with zero attached hydrogens (tertiary/aromatic N) is 2. The standard InChI is InChI=1S/C27H27FN2O6/c1-4-27(34)17-9-20-23-15(11-30(20)24(32)16(17)12-35-25(27)33)22-21-14(5-6-26(22,3)36-8-7-31)13(2)18(28)10-19(21)29-23/h9-10,31,34H,4-8,11-12H2,1-3H3/t26?,27-/m0/s1. The number of halogens is 1. The van der Waals surface area contributed by atoms with Crippen LogP contribution in [-0.4, -0.2) is 38.9 Å². The predicted octanol–water partition coefficient (Wildman–Crippen LogP) is 2.70. The van der Waals surface area contributed by atoms with E-state index in [4.69, 9.17) is 14.5 Å². The monoisotopic (exact) mass is 494 g/mol. The molecule has 2 aliphatic heterocycles. The van der Waals surface area contributed by atoms with E-state index in [1.807, 2.05) is 6.92 Å². The average molecular weight is 495 g/mol. The van der Waals surface area contributed by atoms with Crippen LogP contribution in [0.2, 0.25) is 0 Å². The molecule has 8 nitrogen and oxygen atoms in total. The van der Waals surface area contributed by atoms with Gasteiger partial charge in [0.05, 0.1) is 47.8 Å². The van der Waals surface area contributed by atoms with Gasteiger partial charge in [-0.3, -0.25) is 4.79 Å². The zero-order valence-electron chi connectivity index (χ0n) is 20.4. The first-order valence-electron chi connectivity index (χ1n) is 12.2. The second-order valence-corrected chi connectivity index (χ2v) is 10.1. The van der Waals surface area contributed by atoms with Gasteiger partial charge in [0.2, 0.25) is 0 Å². The fraction of sp³-hybridized carbons (Fsp3) is 0.444. The lowest BCUT2D eigenvalue weighted by Gasteiger charge is -2.37. The normalized spacial score (nSPS) is 23.9. The van der Waals surface area contributed by atoms with Gasteiger partial charge < -0.3 is 24.3 Å². The molecule has 0 spiro atoms. The molecule has 9 heteroatoms. The Bertz CT molecular complexity index is 1550. The van der Waals surface area contributed by atoms with Gasteiger partial charge in [-0.15, -0.1) is 0 Å². The summed E-state index contributed by atoms with van der Waals surface area (Å²) in [5, 5.41) is 21.4. The van der Waals surface area contributed by atoms with Crippen molar-refractivity contribution < 1.29 is 28.9 Å². The molecule has 188 valence electrons. The van der Waals surface area contributed by atoms with Gasteiger partial charge in [0.25, 0.3) is 5.56 Å². The molecule has 1 aromatic carbocycles. The highest BCUT2D eigenvalue weighted by Gasteiger charge is 2.46. The van der Waals surface area contributed by atoms with E-state index in [0.717, 1.165) is 22.1 Å². The minimum Gasteiger partial charge on any atom is -0.458 e. The molecule has 0 fully saturated rings. The first-order chi connectivity index (χ1) is 17.1. The minimum absolute atomic E-state index is 0.0475. The number of esters is 1. The van der Waals surface area contributed by atoms with Crippen LogP contribution in [0.3, 0.4) is 0 Å². The number of benzene rings is 1. The maximum Gasteiger partial charge on any atom is 0.343 e. The summed E-state index contributed by atoms with van der Waals surface area (Å²) in [6.45, 7) is 5.38. The molecule has 0 bridgehead atoms. The lowest BCUT2D eigenvalue weighted by Crippen LogP contribution is -2.44. The molecule has 0 saturated carbocycles. The molecule has 0 radical (unpaired) electrons. The molecule has 3 aromatic rings. The number of ether oxygens (including phenoxy) is 2. The Labute approximate surface area is 206 Å². The van der Waals surface area contributed by atoms with Gasteiger partial charge in [0.15, 0.2) is 5.60 Å². The van der Waals surface area contributed by atoms with E-state index in [-0.39, 0.29) is 55.3 Å². The summed E-state index contributed by atoms with van der Waals surface area (Å²) >= 11 is 0. The number of aromatic nitrogens is 2. The molecule has 0 saturated heterocycles. The van der Waals surface area contributed by atoms with Gasteiger partial charge in [-0.2, -0.15) is 0 Å². The van der Waals surface area contributed by atoms with E-state index in [1.54, 1.807) is 24.5 Å². The van der Waals surface area contributed by atoms with Crippen molar-refractivity contribution in [1.82, 2.24) is 9.55 Å². The first-order valence-corrected chi connectivity index (χ1v) is 12.2. The number of pyridine rings is 2. The van der Waals surface area contributed by atoms with Crippen molar-refractivity contribution in [2.75, 3.05) is 13.2 Å². The lowest BCUT2D eigenvalue weighted by molar-refractivity contribution is -0.172. The van der Waals surface area contributed by atoms with Gasteiger partial charge in [-0.05, 0) is 50.3 Å². The van der Waals surface area contributed by atoms with E-state index >= 15 is 0 Å². The largest absolute Gasteiger partial charge is 0.458 e. The van der Waals surface area contributed by atoms with Crippen LogP contribution in [0.15, 0.2) is 16.9 Å². The van der Waals surface area contributed by atoms with Crippen LogP contribution in [0.25, 0.3) is 22.3 Å². The van der Waals surface area contributed by atoms with Crippen LogP contribution >= 0.6 is 0 Å². The molecule has 4 heterocycles. The number of hydrogen-bond acceptors (Lipinski definition) is 7. The van der Waals surface area contributed by atoms with Crippen LogP contribution in [0.4, 0.5) is 4.39 Å². The number of cyclic esters (lactones) is 1. The zero-order chi connectivity index (χ0) is 25.6. The van der Waals surface area contributed by atoms with Crippen molar-refractivity contribution in [3.05, 3.63) is 61.7 Å². The van der Waals surface area contributed by atoms with Crippen LogP contribution in [0.5, 0.6) is 0 Å². The van der Waals surface area contributed by atoms with E-state index < -0.39 is 17.2 Å². The number of aliphatic hydroxyl groups is 2. The van der Waals surface area contributed by atoms with Gasteiger partial charge in [-0.1, -0.05) is 6.92 Å². The number of rotatable bonds is 4. The third-order valence-corrected chi connectivity index (χ3v) is 8.20. The third kappa shape index (κ3) is 2.87. The molecule has 2 N–H and O–H groups in total. The second kappa shape index (κ2) is 7.68. The fourth-order valence-electron chi connectivity index (χ4n) is 6.19. The van der Waals surface area contributed by atoms with Crippen molar-refractivity contribution in [2.45, 2.75) is 64.4 Å². The smallest absolute Gasteiger partial charge is 0.343 e. The highest BCUT2D eigenvalue weighted by molar-refractivity contribution is 5.93. The molecule has 2 aromatic heterocycles. The van der Waals surface area contributed by atoms with E-state index in [1.165, 1.54) is 6.07 Å². The maximum absolute atomic E-state index is 14.9. The molecule has 1 aliphatic carbocycles. The molecule has 2 atom stereocenters. The fourth-order valence-corrected chi connectivity index (χ4v) is 6.19. The zero-order valence-corrected chi connectivity index (χ0v) is 20.4. The second-order valence-electron chi connectivity index (χ2n) is 10.1. The first kappa shape index (κ1) is 23.3. The van der Waals surface area contributed by atoms with Crippen molar-refractivity contribution in [2.24, 2.45) is 0 Å². The molecule has 36 heavy (non-hydrogen) atoms. The Kier molecular flexibility index (Phi) is 4.96. The number of hydrogen-bond donors (Lipinski definition) is 2. The summed E-state index contributed by atoms with van der Waals surface area (Å²) in [5.74, 6) is -1.13. The number of aliphatic hydroxyl groups excluding tert-OH is 1. The van der Waals surface area contributed by atoms with Gasteiger partial charge >= 0.3 is 5.97 Å². The lowest BCUT2D eigenvalue weighted by atomic mass is 9.76. The van der Waals surface area contributed by atoms with Gasteiger partial charge in [0, 0.05) is 28.1 Å². The van der Waals surface area contributed by atoms with E-state index in [2.05, 4.69) is 0 Å². The summed E-state index contributed by atoms with van der Waals surface area (Å²) in [6.07, 6.45) is 1.22. The predicted molar refractivity (Wildman–Crippen MR) is 128 cm³/mol. The van der Waals surface area contributed by atoms with E-state index in [9.17, 15) is 24.2 Å². The summed E-state index contributed by atoms with van der Waals surface area (Å²) in [6, 6.07) is 3.06. The Hall–Kier alpha value is -3.14. The van der Waals surface area contributed by atoms with Crippen LogP contribution in [0, 0.1) is 12.7 Å². The minimum atomic E-state index is -1.93. The highest BCUT2D eigenvalue weighted by atomic mass is 19.1. The molecule has 3 aliphatic rings. The highest BCUT2D eigenvalue weighted by Crippen LogP contribution is 2.49. The summed E-state index contributed by atoms with van der Waals surface area (Å²) < 4.78 is 27.9. The molecule has 1 unspecified atom stereocenters. The van der Waals surface area contributed by atoms with Crippen molar-refractivity contribution in [3.63, 3.8) is 0 Å². The topological polar surface area (TPSA) is 111 Å². The molecule has 0 amide bonds. The van der Waals surface area contributed by atoms with Gasteiger partial charge in [-0.25, -0.2) is 14.2 Å². The summed E-state index contributed by atoms with van der Waals surface area (Å²) in [5.41, 5.74) is 1.94. The molecule has 6 rings (SSSR count). The molecular weight excluding hydrogens is 467 g/mol. The summed E-state index contributed by atoms with van der Waals surface area (Å²) in [7, 11) is 0.